The molecule has 80 valence electrons. The second-order valence-electron chi connectivity index (χ2n) is 3.30. The fraction of sp³-hybridized carbons (Fsp3) is 0.583. The second-order valence-corrected chi connectivity index (χ2v) is 3.30. The Hall–Kier alpha value is -1.05. The van der Waals surface area contributed by atoms with Gasteiger partial charge in [0.2, 0.25) is 0 Å². The van der Waals surface area contributed by atoms with Gasteiger partial charge < -0.3 is 5.11 Å². The molecule has 0 aromatic rings. The van der Waals surface area contributed by atoms with Gasteiger partial charge in [-0.25, -0.2) is 0 Å². The molecule has 0 heterocycles. The molecule has 0 radical (unpaired) electrons. The van der Waals surface area contributed by atoms with Crippen LogP contribution in [0.5, 0.6) is 0 Å². The first-order valence-corrected chi connectivity index (χ1v) is 5.27. The summed E-state index contributed by atoms with van der Waals surface area (Å²) >= 11 is 0. The average Bonchev–Trinajstić information content (AvgIpc) is 2.15. The monoisotopic (exact) mass is 196 g/mol. The molecule has 2 nitrogen and oxygen atoms in total. The van der Waals surface area contributed by atoms with Crippen LogP contribution in [0.3, 0.4) is 0 Å². The lowest BCUT2D eigenvalue weighted by Crippen LogP contribution is -1.93. The summed E-state index contributed by atoms with van der Waals surface area (Å²) in [5.74, 6) is -0.682. The van der Waals surface area contributed by atoms with E-state index in [1.54, 1.807) is 0 Å². The molecule has 14 heavy (non-hydrogen) atoms. The minimum atomic E-state index is -0.682. The maximum Gasteiger partial charge on any atom is 0.303 e. The molecular formula is C12H20O2. The SMILES string of the molecule is C/C=C/C=C/CCCCCCC(=O)O. The van der Waals surface area contributed by atoms with Crippen molar-refractivity contribution in [1.82, 2.24) is 0 Å². The van der Waals surface area contributed by atoms with Crippen molar-refractivity contribution in [3.8, 4) is 0 Å². The van der Waals surface area contributed by atoms with Gasteiger partial charge in [0.15, 0.2) is 0 Å². The van der Waals surface area contributed by atoms with Gasteiger partial charge in [0, 0.05) is 6.42 Å². The van der Waals surface area contributed by atoms with Crippen molar-refractivity contribution in [3.63, 3.8) is 0 Å². The van der Waals surface area contributed by atoms with Gasteiger partial charge in [-0.1, -0.05) is 37.1 Å². The van der Waals surface area contributed by atoms with E-state index in [9.17, 15) is 4.79 Å². The Morgan fingerprint density at radius 2 is 1.86 bits per heavy atom. The maximum absolute atomic E-state index is 10.2. The van der Waals surface area contributed by atoms with E-state index in [2.05, 4.69) is 12.2 Å². The van der Waals surface area contributed by atoms with Crippen LogP contribution in [0, 0.1) is 0 Å². The Balaban J connectivity index is 3.10. The zero-order valence-corrected chi connectivity index (χ0v) is 8.91. The van der Waals surface area contributed by atoms with Crippen molar-refractivity contribution >= 4 is 5.97 Å². The van der Waals surface area contributed by atoms with Crippen LogP contribution in [0.25, 0.3) is 0 Å². The Morgan fingerprint density at radius 1 is 1.14 bits per heavy atom. The largest absolute Gasteiger partial charge is 0.481 e. The highest BCUT2D eigenvalue weighted by Gasteiger charge is 1.95. The van der Waals surface area contributed by atoms with Crippen LogP contribution in [-0.2, 0) is 4.79 Å². The lowest BCUT2D eigenvalue weighted by molar-refractivity contribution is -0.137. The van der Waals surface area contributed by atoms with Crippen LogP contribution in [0.2, 0.25) is 0 Å². The predicted octanol–water partition coefficient (Wildman–Crippen LogP) is 3.54. The van der Waals surface area contributed by atoms with Gasteiger partial charge in [-0.05, 0) is 26.2 Å². The molecule has 0 atom stereocenters. The molecule has 0 aliphatic rings. The van der Waals surface area contributed by atoms with E-state index in [1.807, 2.05) is 19.1 Å². The molecule has 0 rings (SSSR count). The zero-order chi connectivity index (χ0) is 10.6. The van der Waals surface area contributed by atoms with Crippen LogP contribution < -0.4 is 0 Å². The highest BCUT2D eigenvalue weighted by atomic mass is 16.4. The molecule has 0 fully saturated rings. The lowest BCUT2D eigenvalue weighted by Gasteiger charge is -1.96. The standard InChI is InChI=1S/C12H20O2/c1-2-3-4-5-6-7-8-9-10-11-12(13)14/h2-5H,6-11H2,1H3,(H,13,14)/b3-2+,5-4+. The smallest absolute Gasteiger partial charge is 0.303 e. The summed E-state index contributed by atoms with van der Waals surface area (Å²) in [5.41, 5.74) is 0. The third kappa shape index (κ3) is 11.0. The van der Waals surface area contributed by atoms with Crippen molar-refractivity contribution in [1.29, 1.82) is 0 Å². The minimum Gasteiger partial charge on any atom is -0.481 e. The quantitative estimate of drug-likeness (QED) is 0.476. The van der Waals surface area contributed by atoms with Crippen LogP contribution in [0.4, 0.5) is 0 Å². The minimum absolute atomic E-state index is 0.314. The summed E-state index contributed by atoms with van der Waals surface area (Å²) < 4.78 is 0. The van der Waals surface area contributed by atoms with Crippen molar-refractivity contribution < 1.29 is 9.90 Å². The number of unbranched alkanes of at least 4 members (excludes halogenated alkanes) is 4. The van der Waals surface area contributed by atoms with Crippen molar-refractivity contribution in [2.24, 2.45) is 0 Å². The number of hydrogen-bond acceptors (Lipinski definition) is 1. The van der Waals surface area contributed by atoms with Crippen LogP contribution >= 0.6 is 0 Å². The maximum atomic E-state index is 10.2. The normalized spacial score (nSPS) is 11.5. The number of allylic oxidation sites excluding steroid dienone is 4. The van der Waals surface area contributed by atoms with E-state index >= 15 is 0 Å². The number of carboxylic acids is 1. The summed E-state index contributed by atoms with van der Waals surface area (Å²) in [6.07, 6.45) is 13.8. The lowest BCUT2D eigenvalue weighted by atomic mass is 10.1. The average molecular weight is 196 g/mol. The fourth-order valence-electron chi connectivity index (χ4n) is 1.18. The third-order valence-corrected chi connectivity index (χ3v) is 1.95. The topological polar surface area (TPSA) is 37.3 Å². The summed E-state index contributed by atoms with van der Waals surface area (Å²) in [6.45, 7) is 2.00. The Morgan fingerprint density at radius 3 is 2.50 bits per heavy atom. The molecule has 0 saturated heterocycles. The fourth-order valence-corrected chi connectivity index (χ4v) is 1.18. The molecule has 0 amide bonds. The number of hydrogen-bond donors (Lipinski definition) is 1. The number of rotatable bonds is 8. The van der Waals surface area contributed by atoms with Crippen molar-refractivity contribution in [2.75, 3.05) is 0 Å². The summed E-state index contributed by atoms with van der Waals surface area (Å²) in [7, 11) is 0. The van der Waals surface area contributed by atoms with Crippen LogP contribution in [0.15, 0.2) is 24.3 Å². The van der Waals surface area contributed by atoms with E-state index in [0.29, 0.717) is 6.42 Å². The Bertz CT molecular complexity index is 192. The Labute approximate surface area is 86.3 Å². The predicted molar refractivity (Wildman–Crippen MR) is 59.3 cm³/mol. The highest BCUT2D eigenvalue weighted by molar-refractivity contribution is 5.66. The number of aliphatic carboxylic acids is 1. The van der Waals surface area contributed by atoms with Crippen molar-refractivity contribution in [2.45, 2.75) is 45.4 Å². The molecular weight excluding hydrogens is 176 g/mol. The van der Waals surface area contributed by atoms with Gasteiger partial charge in [-0.3, -0.25) is 4.79 Å². The molecule has 0 aliphatic carbocycles. The number of carboxylic acid groups (broad SMARTS) is 1. The van der Waals surface area contributed by atoms with E-state index in [4.69, 9.17) is 5.11 Å². The molecule has 0 aliphatic heterocycles. The first-order chi connectivity index (χ1) is 6.77. The van der Waals surface area contributed by atoms with E-state index in [0.717, 1.165) is 32.1 Å². The van der Waals surface area contributed by atoms with E-state index in [1.165, 1.54) is 0 Å². The van der Waals surface area contributed by atoms with Gasteiger partial charge in [0.1, 0.15) is 0 Å². The van der Waals surface area contributed by atoms with Crippen LogP contribution in [-0.4, -0.2) is 11.1 Å². The molecule has 0 aromatic carbocycles. The molecule has 0 unspecified atom stereocenters. The van der Waals surface area contributed by atoms with Gasteiger partial charge in [-0.2, -0.15) is 0 Å². The first kappa shape index (κ1) is 12.9. The third-order valence-electron chi connectivity index (χ3n) is 1.95. The van der Waals surface area contributed by atoms with E-state index in [-0.39, 0.29) is 0 Å². The molecule has 2 heteroatoms. The second kappa shape index (κ2) is 10.0. The number of carbonyl (C=O) groups is 1. The van der Waals surface area contributed by atoms with Gasteiger partial charge in [0.25, 0.3) is 0 Å². The summed E-state index contributed by atoms with van der Waals surface area (Å²) in [6, 6.07) is 0. The van der Waals surface area contributed by atoms with Gasteiger partial charge >= 0.3 is 5.97 Å². The highest BCUT2D eigenvalue weighted by Crippen LogP contribution is 2.05. The summed E-state index contributed by atoms with van der Waals surface area (Å²) in [4.78, 5) is 10.2. The molecule has 0 aromatic heterocycles. The molecule has 0 saturated carbocycles. The molecule has 1 N–H and O–H groups in total. The first-order valence-electron chi connectivity index (χ1n) is 5.27. The van der Waals surface area contributed by atoms with Gasteiger partial charge in [0.05, 0.1) is 0 Å². The zero-order valence-electron chi connectivity index (χ0n) is 8.91. The van der Waals surface area contributed by atoms with E-state index < -0.39 is 5.97 Å². The van der Waals surface area contributed by atoms with Crippen LogP contribution in [0.1, 0.15) is 45.4 Å². The Kier molecular flexibility index (Phi) is 9.28. The van der Waals surface area contributed by atoms with Gasteiger partial charge in [-0.15, -0.1) is 0 Å². The van der Waals surface area contributed by atoms with Crippen molar-refractivity contribution in [3.05, 3.63) is 24.3 Å². The molecule has 0 spiro atoms. The molecule has 0 bridgehead atoms. The summed E-state index contributed by atoms with van der Waals surface area (Å²) in [5, 5.41) is 8.39.